The van der Waals surface area contributed by atoms with E-state index in [1.165, 1.54) is 17.1 Å². The minimum Gasteiger partial charge on any atom is -0.480 e. The van der Waals surface area contributed by atoms with Gasteiger partial charge in [-0.15, -0.1) is 0 Å². The molecule has 0 unspecified atom stereocenters. The van der Waals surface area contributed by atoms with Crippen molar-refractivity contribution in [1.82, 2.24) is 20.0 Å². The van der Waals surface area contributed by atoms with E-state index in [9.17, 15) is 9.59 Å². The molecular formula is C13H11N5O3. The first kappa shape index (κ1) is 12.9. The third kappa shape index (κ3) is 2.73. The molecule has 3 rings (SSSR count). The smallest absolute Gasteiger partial charge is 0.325 e. The number of aromatic amines is 1. The molecular weight excluding hydrogens is 274 g/mol. The first-order chi connectivity index (χ1) is 10.1. The van der Waals surface area contributed by atoms with Crippen molar-refractivity contribution in [2.24, 2.45) is 0 Å². The maximum Gasteiger partial charge on any atom is 0.325 e. The topological polar surface area (TPSA) is 113 Å². The quantitative estimate of drug-likeness (QED) is 0.664. The number of aromatic nitrogens is 4. The third-order valence-electron chi connectivity index (χ3n) is 2.89. The molecule has 0 bridgehead atoms. The van der Waals surface area contributed by atoms with Crippen LogP contribution in [0.25, 0.3) is 10.9 Å². The van der Waals surface area contributed by atoms with Crippen LogP contribution in [0.1, 0.15) is 10.4 Å². The van der Waals surface area contributed by atoms with Crippen LogP contribution in [0.3, 0.4) is 0 Å². The van der Waals surface area contributed by atoms with Crippen LogP contribution < -0.4 is 5.32 Å². The summed E-state index contributed by atoms with van der Waals surface area (Å²) in [6.45, 7) is -0.253. The van der Waals surface area contributed by atoms with Gasteiger partial charge in [0.05, 0.1) is 23.6 Å². The van der Waals surface area contributed by atoms with Crippen molar-refractivity contribution in [2.45, 2.75) is 6.54 Å². The largest absolute Gasteiger partial charge is 0.480 e. The molecule has 3 aromatic rings. The van der Waals surface area contributed by atoms with E-state index in [4.69, 9.17) is 5.11 Å². The molecule has 8 nitrogen and oxygen atoms in total. The monoisotopic (exact) mass is 285 g/mol. The van der Waals surface area contributed by atoms with Crippen LogP contribution in [0.4, 0.5) is 5.69 Å². The van der Waals surface area contributed by atoms with E-state index in [0.717, 1.165) is 10.9 Å². The van der Waals surface area contributed by atoms with E-state index in [0.29, 0.717) is 11.3 Å². The van der Waals surface area contributed by atoms with Gasteiger partial charge in [0.2, 0.25) is 0 Å². The van der Waals surface area contributed by atoms with E-state index in [-0.39, 0.29) is 12.5 Å². The normalized spacial score (nSPS) is 10.7. The van der Waals surface area contributed by atoms with Crippen molar-refractivity contribution >= 4 is 28.5 Å². The van der Waals surface area contributed by atoms with Gasteiger partial charge in [0.15, 0.2) is 0 Å². The van der Waals surface area contributed by atoms with Gasteiger partial charge in [-0.3, -0.25) is 19.4 Å². The summed E-state index contributed by atoms with van der Waals surface area (Å²) in [4.78, 5) is 22.7. The Hall–Kier alpha value is -3.16. The van der Waals surface area contributed by atoms with Crippen LogP contribution in [0.5, 0.6) is 0 Å². The molecule has 1 aromatic carbocycles. The summed E-state index contributed by atoms with van der Waals surface area (Å²) < 4.78 is 1.23. The molecule has 21 heavy (non-hydrogen) atoms. The van der Waals surface area contributed by atoms with Crippen LogP contribution in [0.2, 0.25) is 0 Å². The third-order valence-corrected chi connectivity index (χ3v) is 2.89. The first-order valence-electron chi connectivity index (χ1n) is 6.10. The number of hydrogen-bond donors (Lipinski definition) is 3. The van der Waals surface area contributed by atoms with Crippen molar-refractivity contribution < 1.29 is 14.7 Å². The van der Waals surface area contributed by atoms with Crippen molar-refractivity contribution in [2.75, 3.05) is 5.32 Å². The molecule has 8 heteroatoms. The minimum absolute atomic E-state index is 0.253. The minimum atomic E-state index is -0.999. The van der Waals surface area contributed by atoms with Crippen LogP contribution in [0.15, 0.2) is 36.8 Å². The predicted octanol–water partition coefficient (Wildman–Crippen LogP) is 1.10. The Balaban J connectivity index is 1.76. The SMILES string of the molecule is O=C(O)Cn1cc(NC(=O)c2ccc3[nH]ncc3c2)cn1. The number of carboxylic acid groups (broad SMARTS) is 1. The molecule has 0 aliphatic rings. The second-order valence-electron chi connectivity index (χ2n) is 4.45. The Labute approximate surface area is 118 Å². The molecule has 0 fully saturated rings. The molecule has 3 N–H and O–H groups in total. The van der Waals surface area contributed by atoms with Gasteiger partial charge in [-0.1, -0.05) is 0 Å². The van der Waals surface area contributed by atoms with Gasteiger partial charge in [-0.25, -0.2) is 0 Å². The first-order valence-corrected chi connectivity index (χ1v) is 6.10. The fourth-order valence-corrected chi connectivity index (χ4v) is 1.94. The van der Waals surface area contributed by atoms with Gasteiger partial charge in [0.1, 0.15) is 6.54 Å². The molecule has 2 heterocycles. The highest BCUT2D eigenvalue weighted by Crippen LogP contribution is 2.14. The fourth-order valence-electron chi connectivity index (χ4n) is 1.94. The Morgan fingerprint density at radius 3 is 3.00 bits per heavy atom. The number of carbonyl (C=O) groups excluding carboxylic acids is 1. The Morgan fingerprint density at radius 1 is 1.33 bits per heavy atom. The van der Waals surface area contributed by atoms with Crippen LogP contribution in [-0.2, 0) is 11.3 Å². The zero-order valence-electron chi connectivity index (χ0n) is 10.8. The number of anilines is 1. The molecule has 2 aromatic heterocycles. The Bertz CT molecular complexity index is 820. The summed E-state index contributed by atoms with van der Waals surface area (Å²) in [5.74, 6) is -1.30. The molecule has 1 amide bonds. The maximum absolute atomic E-state index is 12.1. The highest BCUT2D eigenvalue weighted by Gasteiger charge is 2.09. The summed E-state index contributed by atoms with van der Waals surface area (Å²) in [6.07, 6.45) is 4.50. The van der Waals surface area contributed by atoms with Gasteiger partial charge in [-0.2, -0.15) is 10.2 Å². The van der Waals surface area contributed by atoms with E-state index in [1.54, 1.807) is 24.4 Å². The molecule has 0 saturated carbocycles. The molecule has 0 atom stereocenters. The number of nitrogens with one attached hydrogen (secondary N) is 2. The molecule has 0 aliphatic carbocycles. The molecule has 0 spiro atoms. The molecule has 106 valence electrons. The second-order valence-corrected chi connectivity index (χ2v) is 4.45. The maximum atomic E-state index is 12.1. The summed E-state index contributed by atoms with van der Waals surface area (Å²) in [5.41, 5.74) is 1.77. The van der Waals surface area contributed by atoms with Gasteiger partial charge >= 0.3 is 5.97 Å². The number of benzene rings is 1. The number of hydrogen-bond acceptors (Lipinski definition) is 4. The summed E-state index contributed by atoms with van der Waals surface area (Å²) >= 11 is 0. The lowest BCUT2D eigenvalue weighted by Crippen LogP contribution is -2.11. The number of rotatable bonds is 4. The van der Waals surface area contributed by atoms with E-state index >= 15 is 0 Å². The highest BCUT2D eigenvalue weighted by atomic mass is 16.4. The lowest BCUT2D eigenvalue weighted by Gasteiger charge is -2.02. The number of fused-ring (bicyclic) bond motifs is 1. The number of nitrogens with zero attached hydrogens (tertiary/aromatic N) is 3. The van der Waals surface area contributed by atoms with Crippen molar-refractivity contribution in [1.29, 1.82) is 0 Å². The van der Waals surface area contributed by atoms with Gasteiger partial charge in [-0.05, 0) is 18.2 Å². The average Bonchev–Trinajstić information content (AvgIpc) is 3.06. The summed E-state index contributed by atoms with van der Waals surface area (Å²) in [5, 5.41) is 22.7. The number of amides is 1. The molecule has 0 aliphatic heterocycles. The number of H-pyrrole nitrogens is 1. The van der Waals surface area contributed by atoms with Crippen molar-refractivity contribution in [3.8, 4) is 0 Å². The van der Waals surface area contributed by atoms with Crippen LogP contribution >= 0.6 is 0 Å². The highest BCUT2D eigenvalue weighted by molar-refractivity contribution is 6.06. The standard InChI is InChI=1S/C13H11N5O3/c19-12(20)7-18-6-10(5-15-18)16-13(21)8-1-2-11-9(3-8)4-14-17-11/h1-6H,7H2,(H,14,17)(H,16,21)(H,19,20). The molecule has 0 radical (unpaired) electrons. The zero-order chi connectivity index (χ0) is 14.8. The zero-order valence-corrected chi connectivity index (χ0v) is 10.8. The predicted molar refractivity (Wildman–Crippen MR) is 73.9 cm³/mol. The number of carboxylic acids is 1. The summed E-state index contributed by atoms with van der Waals surface area (Å²) in [6, 6.07) is 5.17. The van der Waals surface area contributed by atoms with E-state index in [1.807, 2.05) is 0 Å². The lowest BCUT2D eigenvalue weighted by atomic mass is 10.1. The molecule has 0 saturated heterocycles. The Kier molecular flexibility index (Phi) is 3.11. The van der Waals surface area contributed by atoms with Crippen LogP contribution in [-0.4, -0.2) is 37.0 Å². The van der Waals surface area contributed by atoms with Crippen molar-refractivity contribution in [3.05, 3.63) is 42.4 Å². The number of carbonyl (C=O) groups is 2. The average molecular weight is 285 g/mol. The van der Waals surface area contributed by atoms with E-state index < -0.39 is 5.97 Å². The van der Waals surface area contributed by atoms with Gasteiger partial charge < -0.3 is 10.4 Å². The van der Waals surface area contributed by atoms with Gasteiger partial charge in [0, 0.05) is 17.1 Å². The summed E-state index contributed by atoms with van der Waals surface area (Å²) in [7, 11) is 0. The Morgan fingerprint density at radius 2 is 2.19 bits per heavy atom. The number of aliphatic carboxylic acids is 1. The van der Waals surface area contributed by atoms with E-state index in [2.05, 4.69) is 20.6 Å². The van der Waals surface area contributed by atoms with Crippen LogP contribution in [0, 0.1) is 0 Å². The van der Waals surface area contributed by atoms with Crippen molar-refractivity contribution in [3.63, 3.8) is 0 Å². The lowest BCUT2D eigenvalue weighted by molar-refractivity contribution is -0.137. The second kappa shape index (κ2) is 5.08. The fraction of sp³-hybridized carbons (Fsp3) is 0.0769. The van der Waals surface area contributed by atoms with Gasteiger partial charge in [0.25, 0.3) is 5.91 Å².